The van der Waals surface area contributed by atoms with Gasteiger partial charge in [-0.3, -0.25) is 4.79 Å². The van der Waals surface area contributed by atoms with Crippen LogP contribution in [0.4, 0.5) is 0 Å². The molecule has 0 bridgehead atoms. The molecule has 1 aliphatic carbocycles. The molecule has 1 fully saturated rings. The number of likely N-dealkylation sites (N-methyl/N-ethyl adjacent to an activating group) is 1. The van der Waals surface area contributed by atoms with E-state index < -0.39 is 0 Å². The lowest BCUT2D eigenvalue weighted by molar-refractivity contribution is -0.122. The first-order valence-corrected chi connectivity index (χ1v) is 6.38. The molecule has 4 heteroatoms. The van der Waals surface area contributed by atoms with E-state index in [1.807, 2.05) is 6.92 Å². The summed E-state index contributed by atoms with van der Waals surface area (Å²) in [6.07, 6.45) is 6.01. The number of hydrogen-bond donors (Lipinski definition) is 2. The van der Waals surface area contributed by atoms with E-state index >= 15 is 0 Å². The van der Waals surface area contributed by atoms with Crippen molar-refractivity contribution < 1.29 is 4.79 Å². The van der Waals surface area contributed by atoms with Crippen LogP contribution in [-0.4, -0.2) is 43.0 Å². The van der Waals surface area contributed by atoms with Crippen molar-refractivity contribution in [2.24, 2.45) is 5.73 Å². The van der Waals surface area contributed by atoms with E-state index in [4.69, 9.17) is 5.73 Å². The van der Waals surface area contributed by atoms with Crippen molar-refractivity contribution in [1.82, 2.24) is 10.2 Å². The first-order chi connectivity index (χ1) is 7.65. The van der Waals surface area contributed by atoms with Gasteiger partial charge in [-0.1, -0.05) is 19.8 Å². The maximum absolute atomic E-state index is 11.4. The highest BCUT2D eigenvalue weighted by molar-refractivity contribution is 5.81. The molecule has 0 heterocycles. The van der Waals surface area contributed by atoms with Gasteiger partial charge in [0.1, 0.15) is 0 Å². The first-order valence-electron chi connectivity index (χ1n) is 6.38. The van der Waals surface area contributed by atoms with Crippen molar-refractivity contribution in [3.8, 4) is 0 Å². The van der Waals surface area contributed by atoms with Crippen LogP contribution in [0.5, 0.6) is 0 Å². The van der Waals surface area contributed by atoms with Crippen molar-refractivity contribution >= 4 is 5.91 Å². The molecule has 94 valence electrons. The van der Waals surface area contributed by atoms with Crippen LogP contribution in [0.25, 0.3) is 0 Å². The number of carbonyl (C=O) groups excluding carboxylic acids is 1. The molecular weight excluding hydrogens is 202 g/mol. The number of nitrogens with zero attached hydrogens (tertiary/aromatic N) is 1. The van der Waals surface area contributed by atoms with Gasteiger partial charge < -0.3 is 16.0 Å². The molecule has 0 spiro atoms. The van der Waals surface area contributed by atoms with E-state index in [2.05, 4.69) is 17.3 Å². The van der Waals surface area contributed by atoms with E-state index in [0.29, 0.717) is 13.0 Å². The fourth-order valence-corrected chi connectivity index (χ4v) is 2.20. The molecule has 1 rings (SSSR count). The van der Waals surface area contributed by atoms with Gasteiger partial charge in [-0.05, 0) is 26.3 Å². The largest absolute Gasteiger partial charge is 0.353 e. The van der Waals surface area contributed by atoms with Gasteiger partial charge in [0, 0.05) is 19.1 Å². The second-order valence-corrected chi connectivity index (χ2v) is 4.72. The number of rotatable bonds is 6. The number of amides is 1. The third-order valence-corrected chi connectivity index (χ3v) is 3.49. The van der Waals surface area contributed by atoms with Crippen LogP contribution in [0.3, 0.4) is 0 Å². The smallest absolute Gasteiger partial charge is 0.236 e. The quantitative estimate of drug-likeness (QED) is 0.703. The summed E-state index contributed by atoms with van der Waals surface area (Å²) in [7, 11) is 2.14. The van der Waals surface area contributed by atoms with Crippen LogP contribution in [-0.2, 0) is 4.79 Å². The van der Waals surface area contributed by atoms with E-state index in [0.717, 1.165) is 12.6 Å². The average Bonchev–Trinajstić information content (AvgIpc) is 2.81. The van der Waals surface area contributed by atoms with Gasteiger partial charge in [0.2, 0.25) is 5.91 Å². The Balaban J connectivity index is 2.12. The van der Waals surface area contributed by atoms with E-state index in [9.17, 15) is 4.79 Å². The van der Waals surface area contributed by atoms with Gasteiger partial charge in [-0.15, -0.1) is 0 Å². The number of nitrogens with one attached hydrogen (secondary N) is 1. The Bertz CT molecular complexity index is 214. The molecule has 0 aromatic rings. The molecule has 3 N–H and O–H groups in total. The highest BCUT2D eigenvalue weighted by Crippen LogP contribution is 2.21. The molecule has 1 amide bonds. The number of hydrogen-bond acceptors (Lipinski definition) is 3. The van der Waals surface area contributed by atoms with Crippen LogP contribution in [0, 0.1) is 0 Å². The number of carbonyl (C=O) groups is 1. The summed E-state index contributed by atoms with van der Waals surface area (Å²) in [6.45, 7) is 3.56. The standard InChI is InChI=1S/C12H25N3O/c1-3-11(13)12(16)14-8-9-15(2)10-6-4-5-7-10/h10-11H,3-9,13H2,1-2H3,(H,14,16)/t11-/m1/s1. The zero-order chi connectivity index (χ0) is 12.0. The number of nitrogens with two attached hydrogens (primary N) is 1. The first kappa shape index (κ1) is 13.5. The fraction of sp³-hybridized carbons (Fsp3) is 0.917. The third-order valence-electron chi connectivity index (χ3n) is 3.49. The summed E-state index contributed by atoms with van der Waals surface area (Å²) in [5.74, 6) is -0.0256. The molecule has 0 aromatic carbocycles. The molecule has 0 radical (unpaired) electrons. The zero-order valence-corrected chi connectivity index (χ0v) is 10.5. The molecule has 1 aliphatic rings. The van der Waals surface area contributed by atoms with Crippen LogP contribution < -0.4 is 11.1 Å². The van der Waals surface area contributed by atoms with Gasteiger partial charge >= 0.3 is 0 Å². The van der Waals surface area contributed by atoms with Gasteiger partial charge in [0.05, 0.1) is 6.04 Å². The van der Waals surface area contributed by atoms with Crippen LogP contribution in [0.1, 0.15) is 39.0 Å². The molecule has 0 unspecified atom stereocenters. The predicted molar refractivity (Wildman–Crippen MR) is 66.2 cm³/mol. The van der Waals surface area contributed by atoms with Crippen molar-refractivity contribution in [3.63, 3.8) is 0 Å². The monoisotopic (exact) mass is 227 g/mol. The highest BCUT2D eigenvalue weighted by Gasteiger charge is 2.19. The van der Waals surface area contributed by atoms with Crippen LogP contribution in [0.15, 0.2) is 0 Å². The Hall–Kier alpha value is -0.610. The second kappa shape index (κ2) is 6.86. The van der Waals surface area contributed by atoms with Gasteiger partial charge in [-0.2, -0.15) is 0 Å². The maximum atomic E-state index is 11.4. The minimum absolute atomic E-state index is 0.0256. The maximum Gasteiger partial charge on any atom is 0.236 e. The Kier molecular flexibility index (Phi) is 5.77. The molecular formula is C12H25N3O. The lowest BCUT2D eigenvalue weighted by atomic mass is 10.2. The fourth-order valence-electron chi connectivity index (χ4n) is 2.20. The molecule has 1 atom stereocenters. The van der Waals surface area contributed by atoms with E-state index in [-0.39, 0.29) is 11.9 Å². The Morgan fingerprint density at radius 2 is 2.12 bits per heavy atom. The molecule has 16 heavy (non-hydrogen) atoms. The van der Waals surface area contributed by atoms with Crippen molar-refractivity contribution in [2.75, 3.05) is 20.1 Å². The normalized spacial score (nSPS) is 19.0. The van der Waals surface area contributed by atoms with E-state index in [1.54, 1.807) is 0 Å². The molecule has 0 saturated heterocycles. The van der Waals surface area contributed by atoms with Crippen molar-refractivity contribution in [1.29, 1.82) is 0 Å². The van der Waals surface area contributed by atoms with Crippen molar-refractivity contribution in [3.05, 3.63) is 0 Å². The average molecular weight is 227 g/mol. The minimum atomic E-state index is -0.350. The predicted octanol–water partition coefficient (Wildman–Crippen LogP) is 0.714. The summed E-state index contributed by atoms with van der Waals surface area (Å²) in [5.41, 5.74) is 5.63. The molecule has 4 nitrogen and oxygen atoms in total. The van der Waals surface area contributed by atoms with Gasteiger partial charge in [-0.25, -0.2) is 0 Å². The third kappa shape index (κ3) is 4.10. The topological polar surface area (TPSA) is 58.4 Å². The van der Waals surface area contributed by atoms with E-state index in [1.165, 1.54) is 25.7 Å². The van der Waals surface area contributed by atoms with Gasteiger partial charge in [0.15, 0.2) is 0 Å². The van der Waals surface area contributed by atoms with Crippen LogP contribution >= 0.6 is 0 Å². The van der Waals surface area contributed by atoms with Crippen LogP contribution in [0.2, 0.25) is 0 Å². The zero-order valence-electron chi connectivity index (χ0n) is 10.5. The summed E-state index contributed by atoms with van der Waals surface area (Å²) in [5, 5.41) is 2.88. The summed E-state index contributed by atoms with van der Waals surface area (Å²) in [6, 6.07) is 0.369. The minimum Gasteiger partial charge on any atom is -0.353 e. The summed E-state index contributed by atoms with van der Waals surface area (Å²) >= 11 is 0. The molecule has 1 saturated carbocycles. The Morgan fingerprint density at radius 1 is 1.50 bits per heavy atom. The lowest BCUT2D eigenvalue weighted by Gasteiger charge is -2.24. The van der Waals surface area contributed by atoms with Gasteiger partial charge in [0.25, 0.3) is 0 Å². The SMILES string of the molecule is CC[C@@H](N)C(=O)NCCN(C)C1CCCC1. The Labute approximate surface area is 98.6 Å². The lowest BCUT2D eigenvalue weighted by Crippen LogP contribution is -2.43. The molecule has 0 aromatic heterocycles. The highest BCUT2D eigenvalue weighted by atomic mass is 16.2. The molecule has 0 aliphatic heterocycles. The Morgan fingerprint density at radius 3 is 2.69 bits per heavy atom. The second-order valence-electron chi connectivity index (χ2n) is 4.72. The summed E-state index contributed by atoms with van der Waals surface area (Å²) in [4.78, 5) is 13.8. The summed E-state index contributed by atoms with van der Waals surface area (Å²) < 4.78 is 0. The van der Waals surface area contributed by atoms with Crippen molar-refractivity contribution in [2.45, 2.75) is 51.1 Å².